The molecular formula is C18H19N5O4S. The van der Waals surface area contributed by atoms with Crippen molar-refractivity contribution in [2.75, 3.05) is 11.1 Å². The number of amides is 1. The highest BCUT2D eigenvalue weighted by Crippen LogP contribution is 2.30. The summed E-state index contributed by atoms with van der Waals surface area (Å²) in [5.41, 5.74) is 0.861. The number of hydrogen-bond donors (Lipinski definition) is 1. The minimum Gasteiger partial charge on any atom is -0.469 e. The lowest BCUT2D eigenvalue weighted by Gasteiger charge is -2.13. The Morgan fingerprint density at radius 3 is 2.71 bits per heavy atom. The molecule has 2 aromatic heterocycles. The number of nitro groups is 1. The molecule has 0 spiro atoms. The van der Waals surface area contributed by atoms with Gasteiger partial charge in [0.25, 0.3) is 5.69 Å². The van der Waals surface area contributed by atoms with E-state index in [4.69, 9.17) is 4.42 Å². The zero-order valence-electron chi connectivity index (χ0n) is 15.6. The molecule has 0 atom stereocenters. The van der Waals surface area contributed by atoms with Gasteiger partial charge in [-0.3, -0.25) is 19.5 Å². The van der Waals surface area contributed by atoms with Gasteiger partial charge in [0.1, 0.15) is 11.4 Å². The van der Waals surface area contributed by atoms with Crippen molar-refractivity contribution in [2.45, 2.75) is 32.0 Å². The minimum atomic E-state index is -0.530. The second kappa shape index (κ2) is 8.26. The summed E-state index contributed by atoms with van der Waals surface area (Å²) >= 11 is 1.22. The predicted molar refractivity (Wildman–Crippen MR) is 105 cm³/mol. The molecule has 0 saturated heterocycles. The Labute approximate surface area is 165 Å². The number of thioether (sulfide) groups is 1. The molecule has 2 heterocycles. The van der Waals surface area contributed by atoms with Crippen LogP contribution in [0.5, 0.6) is 0 Å². The van der Waals surface area contributed by atoms with Gasteiger partial charge in [-0.25, -0.2) is 0 Å². The van der Waals surface area contributed by atoms with Gasteiger partial charge >= 0.3 is 0 Å². The molecule has 146 valence electrons. The maximum absolute atomic E-state index is 12.3. The van der Waals surface area contributed by atoms with Crippen LogP contribution in [0.3, 0.4) is 0 Å². The Morgan fingerprint density at radius 1 is 1.32 bits per heavy atom. The van der Waals surface area contributed by atoms with Crippen LogP contribution < -0.4 is 5.32 Å². The molecular weight excluding hydrogens is 382 g/mol. The number of carbonyl (C=O) groups excluding carboxylic acids is 1. The van der Waals surface area contributed by atoms with Crippen molar-refractivity contribution in [3.63, 3.8) is 0 Å². The van der Waals surface area contributed by atoms with Crippen molar-refractivity contribution < 1.29 is 14.1 Å². The number of hydrogen-bond acceptors (Lipinski definition) is 7. The van der Waals surface area contributed by atoms with E-state index in [0.29, 0.717) is 11.0 Å². The van der Waals surface area contributed by atoms with Gasteiger partial charge in [0, 0.05) is 12.1 Å². The van der Waals surface area contributed by atoms with E-state index in [9.17, 15) is 14.9 Å². The van der Waals surface area contributed by atoms with Gasteiger partial charge in [0.05, 0.1) is 22.5 Å². The van der Waals surface area contributed by atoms with Crippen LogP contribution in [0.4, 0.5) is 11.4 Å². The number of para-hydroxylation sites is 2. The number of carbonyl (C=O) groups is 1. The van der Waals surface area contributed by atoms with Gasteiger partial charge in [0.15, 0.2) is 11.0 Å². The van der Waals surface area contributed by atoms with Gasteiger partial charge < -0.3 is 9.73 Å². The summed E-state index contributed by atoms with van der Waals surface area (Å²) < 4.78 is 7.28. The highest BCUT2D eigenvalue weighted by Gasteiger charge is 2.21. The summed E-state index contributed by atoms with van der Waals surface area (Å²) in [5, 5.41) is 22.7. The molecule has 0 aliphatic heterocycles. The van der Waals surface area contributed by atoms with E-state index < -0.39 is 4.92 Å². The maximum Gasteiger partial charge on any atom is 0.292 e. The molecule has 9 nitrogen and oxygen atoms in total. The van der Waals surface area contributed by atoms with Crippen LogP contribution in [0.15, 0.2) is 46.2 Å². The van der Waals surface area contributed by atoms with Crippen LogP contribution >= 0.6 is 11.8 Å². The van der Waals surface area contributed by atoms with Crippen molar-refractivity contribution in [1.82, 2.24) is 14.8 Å². The average Bonchev–Trinajstić information content (AvgIpc) is 3.25. The maximum atomic E-state index is 12.3. The molecule has 0 unspecified atom stereocenters. The first kappa shape index (κ1) is 19.6. The lowest BCUT2D eigenvalue weighted by atomic mass is 10.2. The molecule has 1 N–H and O–H groups in total. The highest BCUT2D eigenvalue weighted by molar-refractivity contribution is 7.99. The zero-order chi connectivity index (χ0) is 20.3. The summed E-state index contributed by atoms with van der Waals surface area (Å²) in [5.74, 6) is 1.09. The highest BCUT2D eigenvalue weighted by atomic mass is 32.2. The van der Waals surface area contributed by atoms with E-state index in [2.05, 4.69) is 15.5 Å². The van der Waals surface area contributed by atoms with Gasteiger partial charge in [-0.05, 0) is 32.9 Å². The van der Waals surface area contributed by atoms with Crippen LogP contribution in [-0.2, 0) is 4.79 Å². The smallest absolute Gasteiger partial charge is 0.292 e. The number of nitrogens with one attached hydrogen (secondary N) is 1. The molecule has 0 bridgehead atoms. The van der Waals surface area contributed by atoms with Gasteiger partial charge in [-0.1, -0.05) is 23.9 Å². The van der Waals surface area contributed by atoms with E-state index >= 15 is 0 Å². The van der Waals surface area contributed by atoms with Crippen LogP contribution in [0.1, 0.15) is 25.6 Å². The van der Waals surface area contributed by atoms with Crippen molar-refractivity contribution in [2.24, 2.45) is 0 Å². The van der Waals surface area contributed by atoms with Crippen molar-refractivity contribution in [3.8, 4) is 11.4 Å². The monoisotopic (exact) mass is 401 g/mol. The number of nitrogens with zero attached hydrogens (tertiary/aromatic N) is 4. The molecule has 0 aliphatic carbocycles. The molecule has 1 aromatic carbocycles. The third-order valence-corrected chi connectivity index (χ3v) is 4.93. The number of anilines is 1. The summed E-state index contributed by atoms with van der Waals surface area (Å²) in [4.78, 5) is 22.8. The number of furan rings is 1. The lowest BCUT2D eigenvalue weighted by molar-refractivity contribution is -0.383. The van der Waals surface area contributed by atoms with Gasteiger partial charge in [0.2, 0.25) is 5.91 Å². The van der Waals surface area contributed by atoms with E-state index in [-0.39, 0.29) is 29.1 Å². The first-order valence-electron chi connectivity index (χ1n) is 8.54. The van der Waals surface area contributed by atoms with Crippen LogP contribution in [0, 0.1) is 17.0 Å². The third-order valence-electron chi connectivity index (χ3n) is 3.99. The first-order chi connectivity index (χ1) is 13.4. The predicted octanol–water partition coefficient (Wildman–Crippen LogP) is 4.07. The van der Waals surface area contributed by atoms with Gasteiger partial charge in [-0.2, -0.15) is 0 Å². The Hall–Kier alpha value is -3.14. The lowest BCUT2D eigenvalue weighted by Crippen LogP contribution is -2.16. The van der Waals surface area contributed by atoms with Crippen LogP contribution in [-0.4, -0.2) is 31.3 Å². The number of nitro benzene ring substituents is 1. The molecule has 28 heavy (non-hydrogen) atoms. The quantitative estimate of drug-likeness (QED) is 0.360. The topological polar surface area (TPSA) is 116 Å². The Bertz CT molecular complexity index is 1010. The normalized spacial score (nSPS) is 11.0. The second-order valence-electron chi connectivity index (χ2n) is 6.27. The molecule has 0 aliphatic rings. The molecule has 3 aromatic rings. The summed E-state index contributed by atoms with van der Waals surface area (Å²) in [7, 11) is 0. The molecule has 3 rings (SSSR count). The molecule has 0 fully saturated rings. The fourth-order valence-electron chi connectivity index (χ4n) is 2.70. The minimum absolute atomic E-state index is 0.0429. The molecule has 0 saturated carbocycles. The second-order valence-corrected chi connectivity index (χ2v) is 7.21. The Kier molecular flexibility index (Phi) is 5.78. The van der Waals surface area contributed by atoms with E-state index in [0.717, 1.165) is 11.3 Å². The molecule has 1 amide bonds. The molecule has 10 heteroatoms. The zero-order valence-corrected chi connectivity index (χ0v) is 16.4. The fourth-order valence-corrected chi connectivity index (χ4v) is 3.56. The van der Waals surface area contributed by atoms with E-state index in [1.807, 2.05) is 31.4 Å². The SMILES string of the molecule is Cc1occc1-c1nnc(SCC(=O)Nc2ccccc2[N+](=O)[O-])n1C(C)C. The largest absolute Gasteiger partial charge is 0.469 e. The van der Waals surface area contributed by atoms with Crippen LogP contribution in [0.25, 0.3) is 11.4 Å². The van der Waals surface area contributed by atoms with E-state index in [1.165, 1.54) is 23.9 Å². The standard InChI is InChI=1S/C18H19N5O4S/c1-11(2)22-17(13-8-9-27-12(13)3)20-21-18(22)28-10-16(24)19-14-6-4-5-7-15(14)23(25)26/h4-9,11H,10H2,1-3H3,(H,19,24). The summed E-state index contributed by atoms with van der Waals surface area (Å²) in [6.45, 7) is 5.85. The molecule has 0 radical (unpaired) electrons. The van der Waals surface area contributed by atoms with Crippen molar-refractivity contribution in [3.05, 3.63) is 52.5 Å². The first-order valence-corrected chi connectivity index (χ1v) is 9.52. The summed E-state index contributed by atoms with van der Waals surface area (Å²) in [6.07, 6.45) is 1.59. The number of benzene rings is 1. The average molecular weight is 401 g/mol. The fraction of sp³-hybridized carbons (Fsp3) is 0.278. The van der Waals surface area contributed by atoms with Gasteiger partial charge in [-0.15, -0.1) is 10.2 Å². The van der Waals surface area contributed by atoms with Crippen LogP contribution in [0.2, 0.25) is 0 Å². The number of rotatable bonds is 7. The third kappa shape index (κ3) is 4.06. The Morgan fingerprint density at radius 2 is 2.07 bits per heavy atom. The van der Waals surface area contributed by atoms with Crippen molar-refractivity contribution in [1.29, 1.82) is 0 Å². The van der Waals surface area contributed by atoms with E-state index in [1.54, 1.807) is 18.4 Å². The number of aryl methyl sites for hydroxylation is 1. The summed E-state index contributed by atoms with van der Waals surface area (Å²) in [6, 6.07) is 7.92. The number of aromatic nitrogens is 3. The Balaban J connectivity index is 1.75. The van der Waals surface area contributed by atoms with Crippen molar-refractivity contribution >= 4 is 29.0 Å².